The van der Waals surface area contributed by atoms with Gasteiger partial charge in [0.25, 0.3) is 0 Å². The van der Waals surface area contributed by atoms with E-state index in [0.29, 0.717) is 38.0 Å². The third-order valence-electron chi connectivity index (χ3n) is 5.26. The predicted octanol–water partition coefficient (Wildman–Crippen LogP) is 3.50. The van der Waals surface area contributed by atoms with Crippen LogP contribution in [-0.4, -0.2) is 46.7 Å². The molecule has 1 N–H and O–H groups in total. The molecule has 8 nitrogen and oxygen atoms in total. The fourth-order valence-corrected chi connectivity index (χ4v) is 5.02. The van der Waals surface area contributed by atoms with E-state index in [4.69, 9.17) is 0 Å². The topological polar surface area (TPSA) is 97.2 Å². The zero-order valence-electron chi connectivity index (χ0n) is 18.4. The Hall–Kier alpha value is -2.78. The molecule has 1 heterocycles. The van der Waals surface area contributed by atoms with E-state index in [-0.39, 0.29) is 10.8 Å². The number of fused-ring (bicyclic) bond motifs is 1. The molecule has 0 atom stereocenters. The highest BCUT2D eigenvalue weighted by Crippen LogP contribution is 2.21. The van der Waals surface area contributed by atoms with Crippen molar-refractivity contribution in [1.82, 2.24) is 19.3 Å². The molecule has 0 fully saturated rings. The average Bonchev–Trinajstić information content (AvgIpc) is 3.13. The van der Waals surface area contributed by atoms with Crippen molar-refractivity contribution in [2.75, 3.05) is 18.4 Å². The van der Waals surface area contributed by atoms with Crippen LogP contribution in [0.5, 0.6) is 0 Å². The van der Waals surface area contributed by atoms with Crippen molar-refractivity contribution < 1.29 is 13.2 Å². The quantitative estimate of drug-likeness (QED) is 0.546. The van der Waals surface area contributed by atoms with Crippen LogP contribution in [0.15, 0.2) is 41.3 Å². The zero-order valence-corrected chi connectivity index (χ0v) is 19.2. The van der Waals surface area contributed by atoms with Crippen LogP contribution in [0.1, 0.15) is 37.8 Å². The first-order chi connectivity index (χ1) is 14.8. The third-order valence-corrected chi connectivity index (χ3v) is 7.30. The molecule has 0 spiro atoms. The molecule has 0 radical (unpaired) electrons. The van der Waals surface area contributed by atoms with Crippen LogP contribution < -0.4 is 5.32 Å². The van der Waals surface area contributed by atoms with Gasteiger partial charge in [-0.15, -0.1) is 5.10 Å². The number of nitrogens with zero attached hydrogens (tertiary/aromatic N) is 4. The maximum absolute atomic E-state index is 12.7. The summed E-state index contributed by atoms with van der Waals surface area (Å²) < 4.78 is 28.5. The van der Waals surface area contributed by atoms with E-state index in [1.807, 2.05) is 45.9 Å². The number of sulfonamides is 1. The van der Waals surface area contributed by atoms with E-state index in [1.165, 1.54) is 4.31 Å². The Bertz CT molecular complexity index is 1180. The van der Waals surface area contributed by atoms with E-state index in [1.54, 1.807) is 22.9 Å². The number of hydrogen-bond acceptors (Lipinski definition) is 5. The van der Waals surface area contributed by atoms with Crippen molar-refractivity contribution in [3.8, 4) is 0 Å². The first-order valence-corrected chi connectivity index (χ1v) is 11.9. The van der Waals surface area contributed by atoms with Crippen LogP contribution in [0.3, 0.4) is 0 Å². The van der Waals surface area contributed by atoms with Gasteiger partial charge >= 0.3 is 0 Å². The zero-order chi connectivity index (χ0) is 22.6. The molecule has 3 aromatic rings. The van der Waals surface area contributed by atoms with Gasteiger partial charge in [0.1, 0.15) is 5.52 Å². The molecule has 0 bridgehead atoms. The lowest BCUT2D eigenvalue weighted by molar-refractivity contribution is -0.116. The Morgan fingerprint density at radius 1 is 1.10 bits per heavy atom. The molecule has 1 aromatic heterocycles. The van der Waals surface area contributed by atoms with Crippen molar-refractivity contribution in [3.63, 3.8) is 0 Å². The standard InChI is InChI=1S/C22H29N5O3S/c1-5-26(6-2)31(29,30)18-10-12-21-20(15-18)24-25-27(21)13-7-8-22(28)23-19-11-9-16(3)14-17(19)4/h9-12,14-15H,5-8,13H2,1-4H3,(H,23,28). The highest BCUT2D eigenvalue weighted by Gasteiger charge is 2.22. The molecule has 0 saturated carbocycles. The number of hydrogen-bond donors (Lipinski definition) is 1. The fourth-order valence-electron chi connectivity index (χ4n) is 3.55. The Morgan fingerprint density at radius 2 is 1.84 bits per heavy atom. The van der Waals surface area contributed by atoms with Crippen molar-refractivity contribution in [2.24, 2.45) is 0 Å². The van der Waals surface area contributed by atoms with E-state index in [9.17, 15) is 13.2 Å². The lowest BCUT2D eigenvalue weighted by atomic mass is 10.1. The van der Waals surface area contributed by atoms with E-state index in [2.05, 4.69) is 15.6 Å². The van der Waals surface area contributed by atoms with Gasteiger partial charge in [-0.05, 0) is 50.1 Å². The number of rotatable bonds is 9. The van der Waals surface area contributed by atoms with Crippen LogP contribution in [-0.2, 0) is 21.4 Å². The Labute approximate surface area is 183 Å². The van der Waals surface area contributed by atoms with E-state index >= 15 is 0 Å². The van der Waals surface area contributed by atoms with Gasteiger partial charge in [-0.3, -0.25) is 4.79 Å². The average molecular weight is 444 g/mol. The third kappa shape index (κ3) is 5.11. The Morgan fingerprint density at radius 3 is 2.52 bits per heavy atom. The normalized spacial score (nSPS) is 11.9. The lowest BCUT2D eigenvalue weighted by Gasteiger charge is -2.18. The van der Waals surface area contributed by atoms with Gasteiger partial charge in [0, 0.05) is 31.7 Å². The lowest BCUT2D eigenvalue weighted by Crippen LogP contribution is -2.30. The van der Waals surface area contributed by atoms with Crippen molar-refractivity contribution >= 4 is 32.7 Å². The second kappa shape index (κ2) is 9.57. The molecule has 0 unspecified atom stereocenters. The predicted molar refractivity (Wildman–Crippen MR) is 121 cm³/mol. The molecule has 1 amide bonds. The molecule has 9 heteroatoms. The first kappa shape index (κ1) is 22.9. The number of anilines is 1. The maximum Gasteiger partial charge on any atom is 0.243 e. The molecule has 3 rings (SSSR count). The van der Waals surface area contributed by atoms with Gasteiger partial charge in [0.2, 0.25) is 15.9 Å². The second-order valence-electron chi connectivity index (χ2n) is 7.52. The van der Waals surface area contributed by atoms with Gasteiger partial charge < -0.3 is 5.32 Å². The fraction of sp³-hybridized carbons (Fsp3) is 0.409. The van der Waals surface area contributed by atoms with Gasteiger partial charge in [-0.2, -0.15) is 4.31 Å². The summed E-state index contributed by atoms with van der Waals surface area (Å²) in [5.74, 6) is -0.0519. The number of aromatic nitrogens is 3. The number of aryl methyl sites for hydroxylation is 3. The molecule has 31 heavy (non-hydrogen) atoms. The number of nitrogens with one attached hydrogen (secondary N) is 1. The summed E-state index contributed by atoms with van der Waals surface area (Å²) in [6.45, 7) is 8.95. The molecule has 0 aliphatic rings. The van der Waals surface area contributed by atoms with Gasteiger partial charge in [0.05, 0.1) is 10.4 Å². The van der Waals surface area contributed by atoms with Crippen molar-refractivity contribution in [2.45, 2.75) is 52.0 Å². The summed E-state index contributed by atoms with van der Waals surface area (Å²) >= 11 is 0. The van der Waals surface area contributed by atoms with Crippen LogP contribution in [0, 0.1) is 13.8 Å². The first-order valence-electron chi connectivity index (χ1n) is 10.5. The van der Waals surface area contributed by atoms with Gasteiger partial charge in [-0.25, -0.2) is 13.1 Å². The summed E-state index contributed by atoms with van der Waals surface area (Å²) in [7, 11) is -3.54. The van der Waals surface area contributed by atoms with Gasteiger partial charge in [-0.1, -0.05) is 36.8 Å². The Balaban J connectivity index is 1.64. The molecular weight excluding hydrogens is 414 g/mol. The van der Waals surface area contributed by atoms with Crippen molar-refractivity contribution in [1.29, 1.82) is 0 Å². The van der Waals surface area contributed by atoms with Crippen LogP contribution in [0.4, 0.5) is 5.69 Å². The van der Waals surface area contributed by atoms with Crippen molar-refractivity contribution in [3.05, 3.63) is 47.5 Å². The highest BCUT2D eigenvalue weighted by molar-refractivity contribution is 7.89. The SMILES string of the molecule is CCN(CC)S(=O)(=O)c1ccc2c(c1)nnn2CCCC(=O)Nc1ccc(C)cc1C. The minimum absolute atomic E-state index is 0.0519. The summed E-state index contributed by atoms with van der Waals surface area (Å²) in [4.78, 5) is 12.5. The highest BCUT2D eigenvalue weighted by atomic mass is 32.2. The van der Waals surface area contributed by atoms with Crippen LogP contribution in [0.25, 0.3) is 11.0 Å². The smallest absolute Gasteiger partial charge is 0.243 e. The second-order valence-corrected chi connectivity index (χ2v) is 9.46. The maximum atomic E-state index is 12.7. The molecule has 166 valence electrons. The minimum atomic E-state index is -3.54. The number of benzene rings is 2. The minimum Gasteiger partial charge on any atom is -0.326 e. The van der Waals surface area contributed by atoms with Crippen LogP contribution >= 0.6 is 0 Å². The summed E-state index contributed by atoms with van der Waals surface area (Å²) in [5.41, 5.74) is 4.28. The largest absolute Gasteiger partial charge is 0.326 e. The molecule has 0 aliphatic heterocycles. The molecule has 0 aliphatic carbocycles. The molecule has 0 saturated heterocycles. The monoisotopic (exact) mass is 443 g/mol. The van der Waals surface area contributed by atoms with Crippen LogP contribution in [0.2, 0.25) is 0 Å². The van der Waals surface area contributed by atoms with Gasteiger partial charge in [0.15, 0.2) is 0 Å². The number of amides is 1. The number of carbonyl (C=O) groups excluding carboxylic acids is 1. The molecular formula is C22H29N5O3S. The summed E-state index contributed by atoms with van der Waals surface area (Å²) in [5, 5.41) is 11.2. The van der Waals surface area contributed by atoms with E-state index < -0.39 is 10.0 Å². The summed E-state index contributed by atoms with van der Waals surface area (Å²) in [6, 6.07) is 10.8. The Kier molecular flexibility index (Phi) is 7.07. The number of carbonyl (C=O) groups is 1. The molecule has 2 aromatic carbocycles. The summed E-state index contributed by atoms with van der Waals surface area (Å²) in [6.07, 6.45) is 0.942. The van der Waals surface area contributed by atoms with E-state index in [0.717, 1.165) is 22.3 Å².